The summed E-state index contributed by atoms with van der Waals surface area (Å²) in [6, 6.07) is 12.6. The van der Waals surface area contributed by atoms with Gasteiger partial charge in [0.05, 0.1) is 17.5 Å². The molecule has 1 aliphatic carbocycles. The zero-order chi connectivity index (χ0) is 15.6. The van der Waals surface area contributed by atoms with Crippen molar-refractivity contribution in [1.82, 2.24) is 9.97 Å². The normalized spacial score (nSPS) is 21.4. The Kier molecular flexibility index (Phi) is 3.97. The SMILES string of the molecule is O[C@H]1CCCC[C@H]1Nc1ncnc2sc(-c3ccccc3)cc12. The van der Waals surface area contributed by atoms with Gasteiger partial charge in [0.25, 0.3) is 0 Å². The summed E-state index contributed by atoms with van der Waals surface area (Å²) >= 11 is 1.67. The van der Waals surface area contributed by atoms with Crippen LogP contribution in [0.15, 0.2) is 42.7 Å². The van der Waals surface area contributed by atoms with Crippen LogP contribution in [0.4, 0.5) is 5.82 Å². The van der Waals surface area contributed by atoms with Gasteiger partial charge in [-0.2, -0.15) is 0 Å². The Balaban J connectivity index is 1.69. The number of aliphatic hydroxyl groups excluding tert-OH is 1. The van der Waals surface area contributed by atoms with E-state index in [-0.39, 0.29) is 12.1 Å². The van der Waals surface area contributed by atoms with E-state index < -0.39 is 0 Å². The number of nitrogens with one attached hydrogen (secondary N) is 1. The maximum atomic E-state index is 10.2. The lowest BCUT2D eigenvalue weighted by molar-refractivity contribution is 0.116. The van der Waals surface area contributed by atoms with E-state index in [4.69, 9.17) is 0 Å². The Labute approximate surface area is 139 Å². The first kappa shape index (κ1) is 14.6. The van der Waals surface area contributed by atoms with Crippen molar-refractivity contribution in [3.05, 3.63) is 42.7 Å². The molecule has 0 aliphatic heterocycles. The Morgan fingerprint density at radius 1 is 1.09 bits per heavy atom. The third-order valence-electron chi connectivity index (χ3n) is 4.44. The molecule has 3 aromatic rings. The van der Waals surface area contributed by atoms with Crippen molar-refractivity contribution in [1.29, 1.82) is 0 Å². The van der Waals surface area contributed by atoms with Gasteiger partial charge in [-0.3, -0.25) is 0 Å². The highest BCUT2D eigenvalue weighted by Crippen LogP contribution is 2.35. The molecule has 0 saturated heterocycles. The van der Waals surface area contributed by atoms with Gasteiger partial charge in [0.1, 0.15) is 17.0 Å². The van der Waals surface area contributed by atoms with Crippen molar-refractivity contribution in [3.63, 3.8) is 0 Å². The molecule has 1 aliphatic rings. The third-order valence-corrected chi connectivity index (χ3v) is 5.53. The van der Waals surface area contributed by atoms with Gasteiger partial charge in [-0.1, -0.05) is 43.2 Å². The molecule has 2 heterocycles. The van der Waals surface area contributed by atoms with Gasteiger partial charge in [0, 0.05) is 4.88 Å². The molecule has 2 aromatic heterocycles. The minimum atomic E-state index is -0.291. The molecule has 5 heteroatoms. The first-order valence-corrected chi connectivity index (χ1v) is 8.87. The minimum absolute atomic E-state index is 0.0851. The molecule has 1 fully saturated rings. The lowest BCUT2D eigenvalue weighted by Crippen LogP contribution is -2.36. The van der Waals surface area contributed by atoms with Crippen molar-refractivity contribution >= 4 is 27.4 Å². The van der Waals surface area contributed by atoms with Crippen LogP contribution in [0.3, 0.4) is 0 Å². The van der Waals surface area contributed by atoms with E-state index in [0.717, 1.165) is 41.7 Å². The topological polar surface area (TPSA) is 58.0 Å². The maximum Gasteiger partial charge on any atom is 0.138 e. The summed E-state index contributed by atoms with van der Waals surface area (Å²) in [7, 11) is 0. The molecular formula is C18H19N3OS. The van der Waals surface area contributed by atoms with E-state index in [0.29, 0.717) is 0 Å². The zero-order valence-corrected chi connectivity index (χ0v) is 13.6. The largest absolute Gasteiger partial charge is 0.391 e. The van der Waals surface area contributed by atoms with Crippen molar-refractivity contribution in [2.45, 2.75) is 37.8 Å². The number of fused-ring (bicyclic) bond motifs is 1. The lowest BCUT2D eigenvalue weighted by atomic mass is 9.92. The summed E-state index contributed by atoms with van der Waals surface area (Å²) in [6.07, 6.45) is 5.43. The number of hydrogen-bond acceptors (Lipinski definition) is 5. The first-order valence-electron chi connectivity index (χ1n) is 8.06. The fraction of sp³-hybridized carbons (Fsp3) is 0.333. The maximum absolute atomic E-state index is 10.2. The van der Waals surface area contributed by atoms with Crippen LogP contribution in [-0.2, 0) is 0 Å². The standard InChI is InChI=1S/C18H19N3OS/c22-15-9-5-4-8-14(15)21-17-13-10-16(12-6-2-1-3-7-12)23-18(13)20-11-19-17/h1-3,6-7,10-11,14-15,22H,4-5,8-9H2,(H,19,20,21)/t14-,15+/m1/s1. The number of thiophene rings is 1. The minimum Gasteiger partial charge on any atom is -0.391 e. The number of benzene rings is 1. The van der Waals surface area contributed by atoms with Crippen molar-refractivity contribution in [2.75, 3.05) is 5.32 Å². The van der Waals surface area contributed by atoms with Crippen LogP contribution in [0, 0.1) is 0 Å². The predicted octanol–water partition coefficient (Wildman–Crippen LogP) is 4.07. The average Bonchev–Trinajstić information content (AvgIpc) is 3.03. The number of aliphatic hydroxyl groups is 1. The predicted molar refractivity (Wildman–Crippen MR) is 94.7 cm³/mol. The van der Waals surface area contributed by atoms with Crippen molar-refractivity contribution in [2.24, 2.45) is 0 Å². The number of nitrogens with zero attached hydrogens (tertiary/aromatic N) is 2. The van der Waals surface area contributed by atoms with Crippen LogP contribution in [-0.4, -0.2) is 27.2 Å². The monoisotopic (exact) mass is 325 g/mol. The lowest BCUT2D eigenvalue weighted by Gasteiger charge is -2.28. The highest BCUT2D eigenvalue weighted by atomic mass is 32.1. The summed E-state index contributed by atoms with van der Waals surface area (Å²) in [6.45, 7) is 0. The molecule has 4 rings (SSSR count). The van der Waals surface area contributed by atoms with E-state index >= 15 is 0 Å². The van der Waals surface area contributed by atoms with Crippen LogP contribution in [0.5, 0.6) is 0 Å². The second-order valence-corrected chi connectivity index (χ2v) is 7.05. The second-order valence-electron chi connectivity index (χ2n) is 6.02. The molecule has 2 N–H and O–H groups in total. The van der Waals surface area contributed by atoms with Gasteiger partial charge in [-0.15, -0.1) is 11.3 Å². The van der Waals surface area contributed by atoms with Crippen LogP contribution in [0.2, 0.25) is 0 Å². The molecular weight excluding hydrogens is 306 g/mol. The van der Waals surface area contributed by atoms with E-state index in [1.165, 1.54) is 10.4 Å². The molecule has 0 radical (unpaired) electrons. The summed E-state index contributed by atoms with van der Waals surface area (Å²) in [5.41, 5.74) is 1.19. The molecule has 0 unspecified atom stereocenters. The van der Waals surface area contributed by atoms with Gasteiger partial charge in [-0.25, -0.2) is 9.97 Å². The van der Waals surface area contributed by atoms with Crippen molar-refractivity contribution < 1.29 is 5.11 Å². The van der Waals surface area contributed by atoms with Gasteiger partial charge >= 0.3 is 0 Å². The summed E-state index contributed by atoms with van der Waals surface area (Å²) < 4.78 is 0. The molecule has 118 valence electrons. The number of hydrogen-bond donors (Lipinski definition) is 2. The highest BCUT2D eigenvalue weighted by molar-refractivity contribution is 7.21. The Morgan fingerprint density at radius 2 is 1.91 bits per heavy atom. The quantitative estimate of drug-likeness (QED) is 0.762. The molecule has 2 atom stereocenters. The molecule has 0 spiro atoms. The van der Waals surface area contributed by atoms with E-state index in [1.807, 2.05) is 18.2 Å². The van der Waals surface area contributed by atoms with Crippen LogP contribution >= 0.6 is 11.3 Å². The summed E-state index contributed by atoms with van der Waals surface area (Å²) in [5.74, 6) is 0.833. The van der Waals surface area contributed by atoms with Gasteiger partial charge in [-0.05, 0) is 24.5 Å². The fourth-order valence-corrected chi connectivity index (χ4v) is 4.17. The zero-order valence-electron chi connectivity index (χ0n) is 12.8. The van der Waals surface area contributed by atoms with Crippen molar-refractivity contribution in [3.8, 4) is 10.4 Å². The van der Waals surface area contributed by atoms with Crippen LogP contribution in [0.1, 0.15) is 25.7 Å². The van der Waals surface area contributed by atoms with Crippen LogP contribution < -0.4 is 5.32 Å². The third kappa shape index (κ3) is 2.94. The fourth-order valence-electron chi connectivity index (χ4n) is 3.17. The van der Waals surface area contributed by atoms with Crippen LogP contribution in [0.25, 0.3) is 20.7 Å². The molecule has 4 nitrogen and oxygen atoms in total. The Morgan fingerprint density at radius 3 is 2.74 bits per heavy atom. The number of anilines is 1. The second kappa shape index (κ2) is 6.26. The molecule has 1 saturated carbocycles. The Bertz CT molecular complexity index is 802. The summed E-state index contributed by atoms with van der Waals surface area (Å²) in [5, 5.41) is 14.7. The first-order chi connectivity index (χ1) is 11.3. The Hall–Kier alpha value is -1.98. The molecule has 0 amide bonds. The van der Waals surface area contributed by atoms with E-state index in [9.17, 15) is 5.11 Å². The van der Waals surface area contributed by atoms with Gasteiger partial charge in [0.15, 0.2) is 0 Å². The van der Waals surface area contributed by atoms with Gasteiger partial charge < -0.3 is 10.4 Å². The summed E-state index contributed by atoms with van der Waals surface area (Å²) in [4.78, 5) is 11.0. The smallest absolute Gasteiger partial charge is 0.138 e. The average molecular weight is 325 g/mol. The molecule has 1 aromatic carbocycles. The van der Waals surface area contributed by atoms with Gasteiger partial charge in [0.2, 0.25) is 0 Å². The number of aromatic nitrogens is 2. The molecule has 23 heavy (non-hydrogen) atoms. The van der Waals surface area contributed by atoms with E-state index in [2.05, 4.69) is 33.5 Å². The molecule has 0 bridgehead atoms. The highest BCUT2D eigenvalue weighted by Gasteiger charge is 2.24. The number of rotatable bonds is 3. The van der Waals surface area contributed by atoms with E-state index in [1.54, 1.807) is 17.7 Å².